The van der Waals surface area contributed by atoms with E-state index in [4.69, 9.17) is 4.84 Å². The van der Waals surface area contributed by atoms with Gasteiger partial charge in [0.2, 0.25) is 0 Å². The van der Waals surface area contributed by atoms with Crippen LogP contribution in [-0.2, 0) is 4.84 Å². The van der Waals surface area contributed by atoms with E-state index >= 15 is 0 Å². The molecule has 1 heterocycles. The number of thiophene rings is 1. The molecule has 0 radical (unpaired) electrons. The Morgan fingerprint density at radius 3 is 2.33 bits per heavy atom. The maximum absolute atomic E-state index is 11.7. The minimum atomic E-state index is -0.611. The second-order valence-corrected chi connectivity index (χ2v) is 6.16. The van der Waals surface area contributed by atoms with E-state index in [9.17, 15) is 4.79 Å². The Morgan fingerprint density at radius 2 is 1.62 bits per heavy atom. The molecule has 1 amide bonds. The second-order valence-electron chi connectivity index (χ2n) is 5.08. The number of oxime groups is 1. The SMILES string of the molecule is CC(=NOC(=O)Nc1ccccc1)c1ccc(-c2ccccc2)s1. The lowest BCUT2D eigenvalue weighted by Crippen LogP contribution is -2.11. The van der Waals surface area contributed by atoms with Gasteiger partial charge in [-0.15, -0.1) is 11.3 Å². The molecule has 5 heteroatoms. The number of anilines is 1. The molecule has 0 atom stereocenters. The molecular weight excluding hydrogens is 320 g/mol. The van der Waals surface area contributed by atoms with Crippen molar-refractivity contribution in [1.29, 1.82) is 0 Å². The molecular formula is C19H16N2O2S. The summed E-state index contributed by atoms with van der Waals surface area (Å²) in [6.45, 7) is 1.82. The van der Waals surface area contributed by atoms with Crippen molar-refractivity contribution < 1.29 is 9.63 Å². The molecule has 24 heavy (non-hydrogen) atoms. The Bertz CT molecular complexity index is 842. The van der Waals surface area contributed by atoms with Crippen molar-refractivity contribution in [2.24, 2.45) is 5.16 Å². The number of carbonyl (C=O) groups is 1. The van der Waals surface area contributed by atoms with Crippen LogP contribution in [0, 0.1) is 0 Å². The van der Waals surface area contributed by atoms with E-state index in [-0.39, 0.29) is 0 Å². The van der Waals surface area contributed by atoms with Gasteiger partial charge in [-0.25, -0.2) is 4.79 Å². The molecule has 3 aromatic rings. The summed E-state index contributed by atoms with van der Waals surface area (Å²) in [7, 11) is 0. The standard InChI is InChI=1S/C19H16N2O2S/c1-14(21-23-19(22)20-16-10-6-3-7-11-16)17-12-13-18(24-17)15-8-4-2-5-9-15/h2-13H,1H3,(H,20,22). The Kier molecular flexibility index (Phi) is 5.03. The van der Waals surface area contributed by atoms with E-state index in [1.807, 2.05) is 55.5 Å². The average molecular weight is 336 g/mol. The third-order valence-electron chi connectivity index (χ3n) is 3.31. The van der Waals surface area contributed by atoms with E-state index in [1.54, 1.807) is 23.5 Å². The zero-order valence-electron chi connectivity index (χ0n) is 13.1. The molecule has 3 rings (SSSR count). The van der Waals surface area contributed by atoms with Gasteiger partial charge >= 0.3 is 6.09 Å². The summed E-state index contributed by atoms with van der Waals surface area (Å²) in [5.41, 5.74) is 2.48. The van der Waals surface area contributed by atoms with Crippen molar-refractivity contribution in [2.75, 3.05) is 5.32 Å². The van der Waals surface area contributed by atoms with Crippen molar-refractivity contribution in [1.82, 2.24) is 0 Å². The number of hydrogen-bond acceptors (Lipinski definition) is 4. The molecule has 0 saturated heterocycles. The lowest BCUT2D eigenvalue weighted by molar-refractivity contribution is 0.166. The van der Waals surface area contributed by atoms with Crippen LogP contribution in [0.3, 0.4) is 0 Å². The van der Waals surface area contributed by atoms with Gasteiger partial charge in [0.1, 0.15) is 0 Å². The van der Waals surface area contributed by atoms with E-state index in [0.717, 1.165) is 15.3 Å². The normalized spacial score (nSPS) is 11.1. The highest BCUT2D eigenvalue weighted by Gasteiger charge is 2.07. The topological polar surface area (TPSA) is 50.7 Å². The van der Waals surface area contributed by atoms with Crippen LogP contribution in [0.2, 0.25) is 0 Å². The Morgan fingerprint density at radius 1 is 0.958 bits per heavy atom. The first kappa shape index (κ1) is 16.0. The van der Waals surface area contributed by atoms with Crippen LogP contribution in [0.25, 0.3) is 10.4 Å². The molecule has 4 nitrogen and oxygen atoms in total. The largest absolute Gasteiger partial charge is 0.437 e. The molecule has 2 aromatic carbocycles. The molecule has 1 aromatic heterocycles. The maximum atomic E-state index is 11.7. The van der Waals surface area contributed by atoms with Crippen LogP contribution in [0.5, 0.6) is 0 Å². The van der Waals surface area contributed by atoms with Crippen molar-refractivity contribution in [3.8, 4) is 10.4 Å². The Labute approximate surface area is 144 Å². The first-order chi connectivity index (χ1) is 11.7. The van der Waals surface area contributed by atoms with Crippen molar-refractivity contribution in [3.63, 3.8) is 0 Å². The number of benzene rings is 2. The molecule has 120 valence electrons. The fourth-order valence-corrected chi connectivity index (χ4v) is 3.05. The Hall–Kier alpha value is -2.92. The molecule has 0 aliphatic heterocycles. The van der Waals surface area contributed by atoms with Gasteiger partial charge in [0.25, 0.3) is 0 Å². The van der Waals surface area contributed by atoms with Crippen LogP contribution in [0.1, 0.15) is 11.8 Å². The van der Waals surface area contributed by atoms with Gasteiger partial charge in [-0.3, -0.25) is 10.2 Å². The number of nitrogens with one attached hydrogen (secondary N) is 1. The third-order valence-corrected chi connectivity index (χ3v) is 4.55. The predicted octanol–water partition coefficient (Wildman–Crippen LogP) is 5.39. The highest BCUT2D eigenvalue weighted by molar-refractivity contribution is 7.17. The smallest absolute Gasteiger partial charge is 0.297 e. The zero-order valence-corrected chi connectivity index (χ0v) is 13.9. The number of amides is 1. The minimum Gasteiger partial charge on any atom is -0.297 e. The lowest BCUT2D eigenvalue weighted by Gasteiger charge is -2.02. The van der Waals surface area contributed by atoms with Crippen molar-refractivity contribution >= 4 is 28.8 Å². The van der Waals surface area contributed by atoms with Crippen LogP contribution < -0.4 is 5.32 Å². The van der Waals surface area contributed by atoms with Gasteiger partial charge in [0.05, 0.1) is 10.6 Å². The zero-order chi connectivity index (χ0) is 16.8. The van der Waals surface area contributed by atoms with Gasteiger partial charge in [0.15, 0.2) is 0 Å². The average Bonchev–Trinajstić information content (AvgIpc) is 3.11. The number of para-hydroxylation sites is 1. The third kappa shape index (κ3) is 4.08. The summed E-state index contributed by atoms with van der Waals surface area (Å²) in [6.07, 6.45) is -0.611. The number of rotatable bonds is 4. The lowest BCUT2D eigenvalue weighted by atomic mass is 10.2. The van der Waals surface area contributed by atoms with E-state index in [0.29, 0.717) is 11.4 Å². The van der Waals surface area contributed by atoms with Crippen LogP contribution in [0.4, 0.5) is 10.5 Å². The van der Waals surface area contributed by atoms with Crippen molar-refractivity contribution in [2.45, 2.75) is 6.92 Å². The predicted molar refractivity (Wildman–Crippen MR) is 98.5 cm³/mol. The van der Waals surface area contributed by atoms with Gasteiger partial charge in [-0.1, -0.05) is 53.7 Å². The van der Waals surface area contributed by atoms with E-state index in [1.165, 1.54) is 0 Å². The first-order valence-electron chi connectivity index (χ1n) is 7.45. The molecule has 0 unspecified atom stereocenters. The van der Waals surface area contributed by atoms with Crippen LogP contribution >= 0.6 is 11.3 Å². The number of carbonyl (C=O) groups excluding carboxylic acids is 1. The number of hydrogen-bond donors (Lipinski definition) is 1. The van der Waals surface area contributed by atoms with Gasteiger partial charge in [-0.05, 0) is 36.8 Å². The summed E-state index contributed by atoms with van der Waals surface area (Å²) in [6, 6.07) is 23.2. The molecule has 0 aliphatic rings. The maximum Gasteiger partial charge on any atom is 0.437 e. The fourth-order valence-electron chi connectivity index (χ4n) is 2.11. The fraction of sp³-hybridized carbons (Fsp3) is 0.0526. The second kappa shape index (κ2) is 7.57. The molecule has 0 bridgehead atoms. The highest BCUT2D eigenvalue weighted by Crippen LogP contribution is 2.28. The van der Waals surface area contributed by atoms with Crippen LogP contribution in [0.15, 0.2) is 78.0 Å². The van der Waals surface area contributed by atoms with Crippen molar-refractivity contribution in [3.05, 3.63) is 77.7 Å². The van der Waals surface area contributed by atoms with Gasteiger partial charge in [0, 0.05) is 10.6 Å². The Balaban J connectivity index is 1.64. The quantitative estimate of drug-likeness (QED) is 0.394. The van der Waals surface area contributed by atoms with E-state index in [2.05, 4.69) is 22.6 Å². The molecule has 1 N–H and O–H groups in total. The monoisotopic (exact) mass is 336 g/mol. The van der Waals surface area contributed by atoms with Gasteiger partial charge in [-0.2, -0.15) is 0 Å². The first-order valence-corrected chi connectivity index (χ1v) is 8.27. The molecule has 0 spiro atoms. The van der Waals surface area contributed by atoms with E-state index < -0.39 is 6.09 Å². The summed E-state index contributed by atoms with van der Waals surface area (Å²) in [5, 5.41) is 6.53. The molecule has 0 fully saturated rings. The number of nitrogens with zero attached hydrogens (tertiary/aromatic N) is 1. The minimum absolute atomic E-state index is 0.611. The summed E-state index contributed by atoms with van der Waals surface area (Å²) >= 11 is 1.61. The van der Waals surface area contributed by atoms with Gasteiger partial charge < -0.3 is 0 Å². The molecule has 0 aliphatic carbocycles. The summed E-state index contributed by atoms with van der Waals surface area (Å²) in [5.74, 6) is 0. The van der Waals surface area contributed by atoms with Crippen LogP contribution in [-0.4, -0.2) is 11.8 Å². The summed E-state index contributed by atoms with van der Waals surface area (Å²) in [4.78, 5) is 18.8. The molecule has 0 saturated carbocycles. The highest BCUT2D eigenvalue weighted by atomic mass is 32.1. The summed E-state index contributed by atoms with van der Waals surface area (Å²) < 4.78 is 0.